The number of pyridine rings is 1. The molecule has 0 aliphatic rings. The smallest absolute Gasteiger partial charge is 0.356 e. The Hall–Kier alpha value is -2.09. The van der Waals surface area contributed by atoms with Crippen LogP contribution >= 0.6 is 11.8 Å². The van der Waals surface area contributed by atoms with Gasteiger partial charge in [-0.05, 0) is 12.1 Å². The Morgan fingerprint density at radius 3 is 2.75 bits per heavy atom. The van der Waals surface area contributed by atoms with Crippen molar-refractivity contribution in [3.05, 3.63) is 24.0 Å². The zero-order valence-corrected chi connectivity index (χ0v) is 11.8. The van der Waals surface area contributed by atoms with Crippen LogP contribution in [0.5, 0.6) is 0 Å². The molecule has 2 N–H and O–H groups in total. The van der Waals surface area contributed by atoms with Crippen LogP contribution in [-0.2, 0) is 14.3 Å². The fourth-order valence-electron chi connectivity index (χ4n) is 1.32. The first-order valence-electron chi connectivity index (χ1n) is 5.61. The van der Waals surface area contributed by atoms with Gasteiger partial charge in [0.15, 0.2) is 0 Å². The highest BCUT2D eigenvalue weighted by atomic mass is 32.2. The minimum atomic E-state index is -1.12. The number of amides is 1. The van der Waals surface area contributed by atoms with Crippen LogP contribution in [0.4, 0.5) is 0 Å². The summed E-state index contributed by atoms with van der Waals surface area (Å²) in [5.74, 6) is -1.96. The number of esters is 1. The lowest BCUT2D eigenvalue weighted by Gasteiger charge is -2.12. The Labute approximate surface area is 119 Å². The third-order valence-corrected chi connectivity index (χ3v) is 3.31. The normalized spacial score (nSPS) is 11.5. The molecule has 1 rings (SSSR count). The van der Waals surface area contributed by atoms with Crippen molar-refractivity contribution in [1.82, 2.24) is 10.3 Å². The van der Waals surface area contributed by atoms with E-state index in [4.69, 9.17) is 5.11 Å². The number of nitrogens with zero attached hydrogens (tertiary/aromatic N) is 1. The molecule has 20 heavy (non-hydrogen) atoms. The van der Waals surface area contributed by atoms with Crippen LogP contribution in [0.15, 0.2) is 23.2 Å². The molecule has 7 nitrogen and oxygen atoms in total. The van der Waals surface area contributed by atoms with Crippen molar-refractivity contribution in [2.75, 3.05) is 12.9 Å². The number of methoxy groups -OCH3 is 1. The largest absolute Gasteiger partial charge is 0.480 e. The van der Waals surface area contributed by atoms with Gasteiger partial charge < -0.3 is 15.2 Å². The van der Waals surface area contributed by atoms with E-state index in [0.29, 0.717) is 4.90 Å². The van der Waals surface area contributed by atoms with Gasteiger partial charge in [0.05, 0.1) is 7.11 Å². The van der Waals surface area contributed by atoms with Crippen LogP contribution < -0.4 is 5.32 Å². The zero-order chi connectivity index (χ0) is 15.1. The van der Waals surface area contributed by atoms with Crippen LogP contribution in [0.2, 0.25) is 0 Å². The van der Waals surface area contributed by atoms with Gasteiger partial charge in [-0.25, -0.2) is 14.6 Å². The van der Waals surface area contributed by atoms with Crippen molar-refractivity contribution in [2.45, 2.75) is 17.9 Å². The Kier molecular flexibility index (Phi) is 5.98. The van der Waals surface area contributed by atoms with E-state index in [-0.39, 0.29) is 11.4 Å². The molecule has 0 bridgehead atoms. The molecule has 1 heterocycles. The third-order valence-electron chi connectivity index (χ3n) is 2.22. The Morgan fingerprint density at radius 2 is 2.20 bits per heavy atom. The van der Waals surface area contributed by atoms with Gasteiger partial charge >= 0.3 is 11.9 Å². The molecule has 0 saturated carbocycles. The molecule has 1 amide bonds. The summed E-state index contributed by atoms with van der Waals surface area (Å²) < 4.78 is 4.55. The number of ether oxygens (including phenoxy) is 1. The number of thioether (sulfide) groups is 1. The molecular weight excluding hydrogens is 284 g/mol. The fraction of sp³-hybridized carbons (Fsp3) is 0.333. The molecule has 0 spiro atoms. The molecule has 0 saturated heterocycles. The second-order valence-electron chi connectivity index (χ2n) is 3.77. The first-order valence-corrected chi connectivity index (χ1v) is 6.59. The lowest BCUT2D eigenvalue weighted by atomic mass is 10.3. The number of rotatable bonds is 6. The first-order chi connectivity index (χ1) is 9.43. The topological polar surface area (TPSA) is 106 Å². The monoisotopic (exact) mass is 298 g/mol. The van der Waals surface area contributed by atoms with Gasteiger partial charge in [-0.3, -0.25) is 4.79 Å². The van der Waals surface area contributed by atoms with Crippen molar-refractivity contribution in [1.29, 1.82) is 0 Å². The Bertz CT molecular complexity index is 520. The van der Waals surface area contributed by atoms with Crippen molar-refractivity contribution in [3.63, 3.8) is 0 Å². The second-order valence-corrected chi connectivity index (χ2v) is 4.86. The molecule has 0 fully saturated rings. The van der Waals surface area contributed by atoms with Gasteiger partial charge in [-0.2, -0.15) is 0 Å². The number of carbonyl (C=O) groups is 3. The molecule has 1 aromatic rings. The number of aliphatic carboxylic acids is 1. The van der Waals surface area contributed by atoms with E-state index in [0.717, 1.165) is 0 Å². The number of hydrogen-bond acceptors (Lipinski definition) is 6. The quantitative estimate of drug-likeness (QED) is 0.583. The molecule has 1 unspecified atom stereocenters. The van der Waals surface area contributed by atoms with Crippen LogP contribution in [0.3, 0.4) is 0 Å². The summed E-state index contributed by atoms with van der Waals surface area (Å²) in [5, 5.41) is 11.3. The van der Waals surface area contributed by atoms with Crippen molar-refractivity contribution < 1.29 is 24.2 Å². The van der Waals surface area contributed by atoms with Gasteiger partial charge in [0, 0.05) is 23.8 Å². The van der Waals surface area contributed by atoms with E-state index in [2.05, 4.69) is 15.0 Å². The average Bonchev–Trinajstić information content (AvgIpc) is 2.42. The van der Waals surface area contributed by atoms with E-state index in [1.54, 1.807) is 6.07 Å². The molecule has 0 aliphatic carbocycles. The summed E-state index contributed by atoms with van der Waals surface area (Å²) in [6.45, 7) is 1.25. The van der Waals surface area contributed by atoms with Crippen LogP contribution in [0, 0.1) is 0 Å². The minimum Gasteiger partial charge on any atom is -0.480 e. The number of hydrogen-bond donors (Lipinski definition) is 2. The number of nitrogens with one attached hydrogen (secondary N) is 1. The molecule has 1 atom stereocenters. The molecule has 108 valence electrons. The lowest BCUT2D eigenvalue weighted by molar-refractivity contribution is -0.140. The summed E-state index contributed by atoms with van der Waals surface area (Å²) in [5.41, 5.74) is 0.143. The predicted octanol–water partition coefficient (Wildman–Crippen LogP) is 0.550. The number of carboxylic acid groups (broad SMARTS) is 1. The van der Waals surface area contributed by atoms with Gasteiger partial charge in [0.25, 0.3) is 0 Å². The SMILES string of the molecule is COC(=O)c1cc(SCC(NC(C)=O)C(=O)O)ccn1. The maximum absolute atomic E-state index is 11.3. The average molecular weight is 298 g/mol. The molecule has 8 heteroatoms. The highest BCUT2D eigenvalue weighted by molar-refractivity contribution is 7.99. The van der Waals surface area contributed by atoms with Gasteiger partial charge in [-0.1, -0.05) is 0 Å². The number of carbonyl (C=O) groups excluding carboxylic acids is 2. The summed E-state index contributed by atoms with van der Waals surface area (Å²) in [4.78, 5) is 37.7. The summed E-state index contributed by atoms with van der Waals surface area (Å²) >= 11 is 1.20. The second kappa shape index (κ2) is 7.49. The van der Waals surface area contributed by atoms with E-state index in [1.165, 1.54) is 38.1 Å². The Morgan fingerprint density at radius 1 is 1.50 bits per heavy atom. The predicted molar refractivity (Wildman–Crippen MR) is 71.5 cm³/mol. The highest BCUT2D eigenvalue weighted by Gasteiger charge is 2.18. The third kappa shape index (κ3) is 4.88. The van der Waals surface area contributed by atoms with E-state index in [1.807, 2.05) is 0 Å². The maximum Gasteiger partial charge on any atom is 0.356 e. The van der Waals surface area contributed by atoms with E-state index < -0.39 is 23.9 Å². The van der Waals surface area contributed by atoms with E-state index >= 15 is 0 Å². The zero-order valence-electron chi connectivity index (χ0n) is 11.0. The van der Waals surface area contributed by atoms with Crippen LogP contribution in [0.1, 0.15) is 17.4 Å². The lowest BCUT2D eigenvalue weighted by Crippen LogP contribution is -2.41. The highest BCUT2D eigenvalue weighted by Crippen LogP contribution is 2.19. The molecule has 0 aliphatic heterocycles. The van der Waals surface area contributed by atoms with E-state index in [9.17, 15) is 14.4 Å². The Balaban J connectivity index is 2.70. The van der Waals surface area contributed by atoms with Gasteiger partial charge in [0.2, 0.25) is 5.91 Å². The molecule has 1 aromatic heterocycles. The van der Waals surface area contributed by atoms with Gasteiger partial charge in [-0.15, -0.1) is 11.8 Å². The summed E-state index contributed by atoms with van der Waals surface area (Å²) in [6, 6.07) is 2.15. The standard InChI is InChI=1S/C12H14N2O5S/c1-7(15)14-10(11(16)17)6-20-8-3-4-13-9(5-8)12(18)19-2/h3-5,10H,6H2,1-2H3,(H,14,15)(H,16,17). The van der Waals surface area contributed by atoms with Crippen LogP contribution in [0.25, 0.3) is 0 Å². The minimum absolute atomic E-state index is 0.138. The molecular formula is C12H14N2O5S. The van der Waals surface area contributed by atoms with Crippen LogP contribution in [-0.4, -0.2) is 46.8 Å². The van der Waals surface area contributed by atoms with Crippen molar-refractivity contribution in [2.24, 2.45) is 0 Å². The summed E-state index contributed by atoms with van der Waals surface area (Å²) in [6.07, 6.45) is 1.43. The number of aromatic nitrogens is 1. The molecule has 0 radical (unpaired) electrons. The van der Waals surface area contributed by atoms with Crippen molar-refractivity contribution >= 4 is 29.6 Å². The fourth-order valence-corrected chi connectivity index (χ4v) is 2.25. The van der Waals surface area contributed by atoms with Gasteiger partial charge in [0.1, 0.15) is 11.7 Å². The maximum atomic E-state index is 11.3. The first kappa shape index (κ1) is 16.0. The van der Waals surface area contributed by atoms with Crippen molar-refractivity contribution in [3.8, 4) is 0 Å². The molecule has 0 aromatic carbocycles. The summed E-state index contributed by atoms with van der Waals surface area (Å²) in [7, 11) is 1.25. The number of carboxylic acids is 1.